The Morgan fingerprint density at radius 3 is 2.92 bits per heavy atom. The Bertz CT molecular complexity index is 699. The van der Waals surface area contributed by atoms with Gasteiger partial charge in [-0.05, 0) is 18.2 Å². The summed E-state index contributed by atoms with van der Waals surface area (Å²) in [5.74, 6) is 2.41. The van der Waals surface area contributed by atoms with Crippen molar-refractivity contribution in [3.8, 4) is 11.5 Å². The maximum absolute atomic E-state index is 12.5. The molecule has 140 valence electrons. The van der Waals surface area contributed by atoms with Crippen LogP contribution in [0.5, 0.6) is 11.5 Å². The normalized spacial score (nSPS) is 22.5. The Morgan fingerprint density at radius 1 is 1.19 bits per heavy atom. The zero-order valence-electron chi connectivity index (χ0n) is 14.6. The lowest BCUT2D eigenvalue weighted by atomic mass is 10.1. The number of ether oxygens (including phenoxy) is 2. The van der Waals surface area contributed by atoms with Crippen molar-refractivity contribution < 1.29 is 19.1 Å². The van der Waals surface area contributed by atoms with E-state index in [2.05, 4.69) is 10.2 Å². The van der Waals surface area contributed by atoms with Crippen molar-refractivity contribution in [3.05, 3.63) is 18.2 Å². The first-order chi connectivity index (χ1) is 12.7. The fourth-order valence-corrected chi connectivity index (χ4v) is 4.40. The molecule has 2 amide bonds. The molecular weight excluding hydrogens is 354 g/mol. The molecule has 3 aliphatic heterocycles. The van der Waals surface area contributed by atoms with Gasteiger partial charge >= 0.3 is 0 Å². The number of carbonyl (C=O) groups is 2. The van der Waals surface area contributed by atoms with E-state index in [0.29, 0.717) is 45.0 Å². The second kappa shape index (κ2) is 7.75. The van der Waals surface area contributed by atoms with Crippen molar-refractivity contribution in [2.24, 2.45) is 0 Å². The maximum Gasteiger partial charge on any atom is 0.239 e. The van der Waals surface area contributed by atoms with Gasteiger partial charge in [-0.2, -0.15) is 0 Å². The van der Waals surface area contributed by atoms with Crippen molar-refractivity contribution in [1.29, 1.82) is 0 Å². The van der Waals surface area contributed by atoms with Gasteiger partial charge in [-0.1, -0.05) is 0 Å². The van der Waals surface area contributed by atoms with Gasteiger partial charge in [0.15, 0.2) is 11.5 Å². The van der Waals surface area contributed by atoms with Crippen LogP contribution in [0.4, 0.5) is 0 Å². The van der Waals surface area contributed by atoms with Gasteiger partial charge in [-0.25, -0.2) is 0 Å². The van der Waals surface area contributed by atoms with Crippen molar-refractivity contribution in [2.75, 3.05) is 51.7 Å². The predicted molar refractivity (Wildman–Crippen MR) is 97.7 cm³/mol. The first-order valence-electron chi connectivity index (χ1n) is 9.03. The van der Waals surface area contributed by atoms with Crippen LogP contribution in [0.1, 0.15) is 6.42 Å². The molecule has 3 heterocycles. The van der Waals surface area contributed by atoms with Crippen LogP contribution in [-0.4, -0.2) is 79.3 Å². The number of rotatable bonds is 4. The van der Waals surface area contributed by atoms with Crippen molar-refractivity contribution in [3.63, 3.8) is 0 Å². The molecule has 1 aromatic rings. The summed E-state index contributed by atoms with van der Waals surface area (Å²) in [5, 5.41) is 2.89. The number of thioether (sulfide) groups is 1. The third kappa shape index (κ3) is 3.76. The third-order valence-electron chi connectivity index (χ3n) is 4.94. The molecule has 1 aromatic carbocycles. The molecule has 0 aliphatic carbocycles. The molecule has 2 fully saturated rings. The number of benzene rings is 1. The van der Waals surface area contributed by atoms with Crippen LogP contribution in [0.25, 0.3) is 0 Å². The van der Waals surface area contributed by atoms with Crippen LogP contribution in [0, 0.1) is 0 Å². The summed E-state index contributed by atoms with van der Waals surface area (Å²) < 4.78 is 11.1. The highest BCUT2D eigenvalue weighted by Gasteiger charge is 2.35. The van der Waals surface area contributed by atoms with Gasteiger partial charge in [0, 0.05) is 49.8 Å². The first-order valence-corrected chi connectivity index (χ1v) is 10.0. The van der Waals surface area contributed by atoms with E-state index in [1.165, 1.54) is 0 Å². The van der Waals surface area contributed by atoms with E-state index >= 15 is 0 Å². The number of fused-ring (bicyclic) bond motifs is 2. The smallest absolute Gasteiger partial charge is 0.239 e. The van der Waals surface area contributed by atoms with Crippen molar-refractivity contribution >= 4 is 23.6 Å². The number of amides is 2. The summed E-state index contributed by atoms with van der Waals surface area (Å²) in [4.78, 5) is 29.6. The molecule has 0 saturated carbocycles. The molecular formula is C18H23N3O4S. The van der Waals surface area contributed by atoms with Crippen LogP contribution in [-0.2, 0) is 9.59 Å². The Balaban J connectivity index is 1.27. The van der Waals surface area contributed by atoms with E-state index in [9.17, 15) is 9.59 Å². The highest BCUT2D eigenvalue weighted by molar-refractivity contribution is 7.99. The Morgan fingerprint density at radius 2 is 2.04 bits per heavy atom. The lowest BCUT2D eigenvalue weighted by Gasteiger charge is -2.43. The third-order valence-corrected chi connectivity index (χ3v) is 5.94. The number of nitrogens with one attached hydrogen (secondary N) is 1. The summed E-state index contributed by atoms with van der Waals surface area (Å²) in [6.07, 6.45) is 0.466. The van der Waals surface area contributed by atoms with Gasteiger partial charge in [0.25, 0.3) is 0 Å². The summed E-state index contributed by atoms with van der Waals surface area (Å²) in [6, 6.07) is 5.69. The lowest BCUT2D eigenvalue weighted by Crippen LogP contribution is -2.64. The van der Waals surface area contributed by atoms with Crippen LogP contribution in [0.3, 0.4) is 0 Å². The van der Waals surface area contributed by atoms with E-state index < -0.39 is 0 Å². The Kier molecular flexibility index (Phi) is 5.21. The highest BCUT2D eigenvalue weighted by atomic mass is 32.2. The first kappa shape index (κ1) is 17.5. The Hall–Kier alpha value is -1.93. The fraction of sp³-hybridized carbons (Fsp3) is 0.556. The second-order valence-corrected chi connectivity index (χ2v) is 7.75. The lowest BCUT2D eigenvalue weighted by molar-refractivity contribution is -0.139. The summed E-state index contributed by atoms with van der Waals surface area (Å²) in [7, 11) is 0. The minimum Gasteiger partial charge on any atom is -0.486 e. The van der Waals surface area contributed by atoms with Gasteiger partial charge in [0.2, 0.25) is 11.8 Å². The van der Waals surface area contributed by atoms with E-state index in [1.807, 2.05) is 23.1 Å². The quantitative estimate of drug-likeness (QED) is 0.774. The second-order valence-electron chi connectivity index (χ2n) is 6.59. The zero-order valence-corrected chi connectivity index (χ0v) is 15.4. The van der Waals surface area contributed by atoms with Crippen LogP contribution in [0.2, 0.25) is 0 Å². The maximum atomic E-state index is 12.5. The molecule has 2 saturated heterocycles. The number of hydrogen-bond acceptors (Lipinski definition) is 6. The molecule has 8 heteroatoms. The molecule has 1 N–H and O–H groups in total. The summed E-state index contributed by atoms with van der Waals surface area (Å²) in [5.41, 5.74) is 0. The highest BCUT2D eigenvalue weighted by Crippen LogP contribution is 2.34. The Labute approximate surface area is 157 Å². The van der Waals surface area contributed by atoms with Gasteiger partial charge in [-0.3, -0.25) is 14.5 Å². The van der Waals surface area contributed by atoms with Crippen molar-refractivity contribution in [2.45, 2.75) is 17.4 Å². The van der Waals surface area contributed by atoms with E-state index in [1.54, 1.807) is 11.8 Å². The monoisotopic (exact) mass is 377 g/mol. The minimum absolute atomic E-state index is 0.0411. The van der Waals surface area contributed by atoms with Gasteiger partial charge < -0.3 is 19.7 Å². The minimum atomic E-state index is -0.188. The van der Waals surface area contributed by atoms with Gasteiger partial charge in [0.05, 0.1) is 0 Å². The molecule has 26 heavy (non-hydrogen) atoms. The molecule has 3 aliphatic rings. The average molecular weight is 377 g/mol. The van der Waals surface area contributed by atoms with Gasteiger partial charge in [0.1, 0.15) is 19.3 Å². The standard InChI is InChI=1S/C18H23N3O4S/c22-17(21-7-6-20-5-4-19-18(23)14(20)12-21)3-10-26-13-1-2-15-16(11-13)25-9-8-24-15/h1-2,11,14H,3-10,12H2,(H,19,23)/t14-/m1/s1. The number of piperazine rings is 2. The predicted octanol–water partition coefficient (Wildman–Crippen LogP) is 0.583. The van der Waals surface area contributed by atoms with E-state index in [4.69, 9.17) is 9.47 Å². The summed E-state index contributed by atoms with van der Waals surface area (Å²) >= 11 is 1.64. The van der Waals surface area contributed by atoms with E-state index in [0.717, 1.165) is 29.5 Å². The molecule has 0 bridgehead atoms. The number of nitrogens with zero attached hydrogens (tertiary/aromatic N) is 2. The number of carbonyl (C=O) groups excluding carboxylic acids is 2. The van der Waals surface area contributed by atoms with Crippen LogP contribution in [0.15, 0.2) is 23.1 Å². The SMILES string of the molecule is O=C1NCCN2CCN(C(=O)CCSc3ccc4c(c3)OCCO4)C[C@H]12. The van der Waals surface area contributed by atoms with Crippen molar-refractivity contribution in [1.82, 2.24) is 15.1 Å². The fourth-order valence-electron chi connectivity index (χ4n) is 3.53. The van der Waals surface area contributed by atoms with E-state index in [-0.39, 0.29) is 17.9 Å². The molecule has 0 spiro atoms. The molecule has 0 aromatic heterocycles. The van der Waals surface area contributed by atoms with Crippen LogP contribution >= 0.6 is 11.8 Å². The number of hydrogen-bond donors (Lipinski definition) is 1. The summed E-state index contributed by atoms with van der Waals surface area (Å²) in [6.45, 7) is 4.71. The molecule has 1 atom stereocenters. The zero-order chi connectivity index (χ0) is 17.9. The molecule has 7 nitrogen and oxygen atoms in total. The van der Waals surface area contributed by atoms with Crippen LogP contribution < -0.4 is 14.8 Å². The molecule has 0 unspecified atom stereocenters. The largest absolute Gasteiger partial charge is 0.486 e. The average Bonchev–Trinajstić information content (AvgIpc) is 2.68. The topological polar surface area (TPSA) is 71.1 Å². The van der Waals surface area contributed by atoms with Gasteiger partial charge in [-0.15, -0.1) is 11.8 Å². The molecule has 4 rings (SSSR count). The molecule has 0 radical (unpaired) electrons.